The van der Waals surface area contributed by atoms with E-state index in [1.165, 1.54) is 11.3 Å². The molecule has 11 heteroatoms. The lowest BCUT2D eigenvalue weighted by atomic mass is 9.90. The quantitative estimate of drug-likeness (QED) is 0.207. The number of ether oxygens (including phenoxy) is 1. The second-order valence-electron chi connectivity index (χ2n) is 13.6. The Bertz CT molecular complexity index is 1860. The van der Waals surface area contributed by atoms with Crippen molar-refractivity contribution in [1.82, 2.24) is 35.3 Å². The number of nitrogens with one attached hydrogen (secondary N) is 2. The molecule has 0 aliphatic carbocycles. The molecule has 2 fully saturated rings. The van der Waals surface area contributed by atoms with Gasteiger partial charge in [-0.25, -0.2) is 4.98 Å². The fraction of sp³-hybridized carbons (Fsp3) is 0.447. The number of aliphatic carboxylic acids is 1. The average Bonchev–Trinajstić information content (AvgIpc) is 3.74. The number of carbonyl (C=O) groups excluding carboxylic acids is 1. The zero-order valence-electron chi connectivity index (χ0n) is 28.5. The van der Waals surface area contributed by atoms with Gasteiger partial charge in [-0.1, -0.05) is 36.4 Å². The fourth-order valence-electron chi connectivity index (χ4n) is 7.84. The minimum absolute atomic E-state index is 0.106. The lowest BCUT2D eigenvalue weighted by Gasteiger charge is -2.38. The van der Waals surface area contributed by atoms with Crippen LogP contribution in [0.2, 0.25) is 0 Å². The molecule has 256 valence electrons. The van der Waals surface area contributed by atoms with Crippen molar-refractivity contribution in [3.05, 3.63) is 71.2 Å². The normalized spacial score (nSPS) is 19.9. The first kappa shape index (κ1) is 32.9. The fourth-order valence-corrected chi connectivity index (χ4v) is 7.84. The van der Waals surface area contributed by atoms with Crippen molar-refractivity contribution in [2.45, 2.75) is 77.5 Å². The Balaban J connectivity index is 1.12. The van der Waals surface area contributed by atoms with Crippen molar-refractivity contribution < 1.29 is 19.4 Å². The first-order valence-electron chi connectivity index (χ1n) is 17.5. The molecule has 49 heavy (non-hydrogen) atoms. The number of carboxylic acids is 1. The number of carbonyl (C=O) groups is 2. The summed E-state index contributed by atoms with van der Waals surface area (Å²) in [4.78, 5) is 35.1. The molecule has 2 atom stereocenters. The highest BCUT2D eigenvalue weighted by Crippen LogP contribution is 2.39. The maximum absolute atomic E-state index is 11.5. The van der Waals surface area contributed by atoms with Gasteiger partial charge in [-0.2, -0.15) is 5.10 Å². The summed E-state index contributed by atoms with van der Waals surface area (Å²) in [5.41, 5.74) is 10.3. The second kappa shape index (κ2) is 14.1. The van der Waals surface area contributed by atoms with Gasteiger partial charge in [0.05, 0.1) is 42.3 Å². The largest absolute Gasteiger partial charge is 0.481 e. The second-order valence-corrected chi connectivity index (χ2v) is 13.6. The Morgan fingerprint density at radius 3 is 2.33 bits per heavy atom. The zero-order chi connectivity index (χ0) is 34.1. The highest BCUT2D eigenvalue weighted by atomic mass is 16.5. The minimum Gasteiger partial charge on any atom is -0.481 e. The lowest BCUT2D eigenvalue weighted by Crippen LogP contribution is -2.40. The maximum Gasteiger partial charge on any atom is 0.306 e. The number of benzene rings is 2. The molecule has 3 N–H and O–H groups in total. The smallest absolute Gasteiger partial charge is 0.306 e. The van der Waals surface area contributed by atoms with Gasteiger partial charge in [-0.3, -0.25) is 24.2 Å². The summed E-state index contributed by atoms with van der Waals surface area (Å²) in [5.74, 6) is -0.317. The molecule has 0 radical (unpaired) electrons. The number of hydrogen-bond donors (Lipinski definition) is 3. The number of aryl methyl sites for hydroxylation is 1. The van der Waals surface area contributed by atoms with Crippen LogP contribution in [0.15, 0.2) is 48.7 Å². The van der Waals surface area contributed by atoms with E-state index in [9.17, 15) is 14.7 Å². The van der Waals surface area contributed by atoms with Crippen LogP contribution in [0, 0.1) is 19.8 Å². The summed E-state index contributed by atoms with van der Waals surface area (Å²) in [6.07, 6.45) is 6.77. The van der Waals surface area contributed by atoms with Gasteiger partial charge in [0.2, 0.25) is 11.8 Å². The van der Waals surface area contributed by atoms with E-state index in [2.05, 4.69) is 76.5 Å². The van der Waals surface area contributed by atoms with E-state index in [0.717, 1.165) is 83.8 Å². The van der Waals surface area contributed by atoms with Crippen molar-refractivity contribution in [1.29, 1.82) is 0 Å². The van der Waals surface area contributed by atoms with E-state index in [-0.39, 0.29) is 23.9 Å². The van der Waals surface area contributed by atoms with Crippen LogP contribution in [0.5, 0.6) is 5.88 Å². The standard InChI is InChI=1S/C38H45N7O4/c1-23-27(7-4-9-29(23)31-19-35-34(11-6-16-45(35)43-31)44-17-14-25(15-18-44)38(47)48)28-8-5-10-30(24(28)2)32-22-40-33(37(42-32)49-3)21-39-20-26-12-13-36(46)41-26/h4-5,7-10,19,22,25-26,34,39H,6,11-18,20-21H2,1-3H3,(H,41,46)(H,47,48)/t26-,34?/m0/s1. The summed E-state index contributed by atoms with van der Waals surface area (Å²) < 4.78 is 7.83. The monoisotopic (exact) mass is 663 g/mol. The zero-order valence-corrected chi connectivity index (χ0v) is 28.5. The number of carboxylic acid groups (broad SMARTS) is 1. The third kappa shape index (κ3) is 6.69. The van der Waals surface area contributed by atoms with Crippen LogP contribution in [0.4, 0.5) is 0 Å². The topological polar surface area (TPSA) is 134 Å². The van der Waals surface area contributed by atoms with E-state index >= 15 is 0 Å². The van der Waals surface area contributed by atoms with Gasteiger partial charge < -0.3 is 20.5 Å². The predicted octanol–water partition coefficient (Wildman–Crippen LogP) is 5.30. The molecule has 7 rings (SSSR count). The number of rotatable bonds is 10. The summed E-state index contributed by atoms with van der Waals surface area (Å²) >= 11 is 0. The summed E-state index contributed by atoms with van der Waals surface area (Å²) in [6.45, 7) is 7.99. The van der Waals surface area contributed by atoms with Gasteiger partial charge in [-0.05, 0) is 87.4 Å². The predicted molar refractivity (Wildman–Crippen MR) is 187 cm³/mol. The highest BCUT2D eigenvalue weighted by molar-refractivity contribution is 5.82. The van der Waals surface area contributed by atoms with E-state index in [4.69, 9.17) is 19.8 Å². The molecule has 3 aliphatic rings. The Morgan fingerprint density at radius 2 is 1.67 bits per heavy atom. The Hall–Kier alpha value is -4.61. The van der Waals surface area contributed by atoms with Gasteiger partial charge in [-0.15, -0.1) is 0 Å². The molecular weight excluding hydrogens is 618 g/mol. The molecule has 2 aromatic heterocycles. The van der Waals surface area contributed by atoms with Crippen molar-refractivity contribution in [2.24, 2.45) is 5.92 Å². The van der Waals surface area contributed by atoms with E-state index < -0.39 is 5.97 Å². The van der Waals surface area contributed by atoms with Crippen LogP contribution in [0.3, 0.4) is 0 Å². The molecule has 0 spiro atoms. The van der Waals surface area contributed by atoms with E-state index in [1.54, 1.807) is 7.11 Å². The van der Waals surface area contributed by atoms with Gasteiger partial charge in [0.25, 0.3) is 0 Å². The highest BCUT2D eigenvalue weighted by Gasteiger charge is 2.33. The van der Waals surface area contributed by atoms with Crippen LogP contribution in [0.1, 0.15) is 67.1 Å². The average molecular weight is 664 g/mol. The van der Waals surface area contributed by atoms with Crippen molar-refractivity contribution >= 4 is 11.9 Å². The minimum atomic E-state index is -0.672. The molecule has 11 nitrogen and oxygen atoms in total. The van der Waals surface area contributed by atoms with Crippen molar-refractivity contribution in [2.75, 3.05) is 26.7 Å². The van der Waals surface area contributed by atoms with Crippen molar-refractivity contribution in [3.8, 4) is 39.5 Å². The molecule has 0 saturated carbocycles. The van der Waals surface area contributed by atoms with Crippen LogP contribution in [-0.2, 0) is 22.7 Å². The van der Waals surface area contributed by atoms with Crippen LogP contribution in [-0.4, -0.2) is 74.4 Å². The molecule has 2 saturated heterocycles. The van der Waals surface area contributed by atoms with E-state index in [0.29, 0.717) is 38.2 Å². The van der Waals surface area contributed by atoms with Gasteiger partial charge >= 0.3 is 5.97 Å². The number of aromatic nitrogens is 4. The molecule has 0 bridgehead atoms. The van der Waals surface area contributed by atoms with Gasteiger partial charge in [0.15, 0.2) is 0 Å². The number of methoxy groups -OCH3 is 1. The molecule has 2 aromatic carbocycles. The lowest BCUT2D eigenvalue weighted by molar-refractivity contribution is -0.143. The molecule has 1 unspecified atom stereocenters. The van der Waals surface area contributed by atoms with Gasteiger partial charge in [0.1, 0.15) is 5.69 Å². The summed E-state index contributed by atoms with van der Waals surface area (Å²) in [7, 11) is 1.61. The number of likely N-dealkylation sites (tertiary alicyclic amines) is 1. The molecule has 1 amide bonds. The number of piperidine rings is 1. The first-order chi connectivity index (χ1) is 23.8. The number of amides is 1. The van der Waals surface area contributed by atoms with Crippen LogP contribution in [0.25, 0.3) is 33.6 Å². The summed E-state index contributed by atoms with van der Waals surface area (Å²) in [5, 5.41) is 20.9. The Kier molecular flexibility index (Phi) is 9.46. The molecule has 5 heterocycles. The third-order valence-electron chi connectivity index (χ3n) is 10.6. The Morgan fingerprint density at radius 1 is 0.980 bits per heavy atom. The molecule has 4 aromatic rings. The number of fused-ring (bicyclic) bond motifs is 1. The molecular formula is C38H45N7O4. The van der Waals surface area contributed by atoms with Crippen LogP contribution >= 0.6 is 0 Å². The van der Waals surface area contributed by atoms with Crippen molar-refractivity contribution in [3.63, 3.8) is 0 Å². The molecule has 3 aliphatic heterocycles. The maximum atomic E-state index is 11.5. The number of nitrogens with zero attached hydrogens (tertiary/aromatic N) is 5. The SMILES string of the molecule is COc1nc(-c2cccc(-c3cccc(-c4cc5n(n4)CCCC5N4CCC(C(=O)O)CC4)c3C)c2C)cnc1CNC[C@@H]1CCC(=O)N1. The summed E-state index contributed by atoms with van der Waals surface area (Å²) in [6, 6.07) is 15.4. The Labute approximate surface area is 287 Å². The van der Waals surface area contributed by atoms with Gasteiger partial charge in [0, 0.05) is 43.2 Å². The first-order valence-corrected chi connectivity index (χ1v) is 17.5. The van der Waals surface area contributed by atoms with E-state index in [1.807, 2.05) is 6.20 Å². The third-order valence-corrected chi connectivity index (χ3v) is 10.6. The number of hydrogen-bond acceptors (Lipinski definition) is 8. The van der Waals surface area contributed by atoms with Crippen LogP contribution < -0.4 is 15.4 Å².